The minimum absolute atomic E-state index is 0.137. The van der Waals surface area contributed by atoms with Gasteiger partial charge in [-0.3, -0.25) is 4.79 Å². The molecule has 0 saturated heterocycles. The molecular weight excluding hydrogens is 391 g/mol. The summed E-state index contributed by atoms with van der Waals surface area (Å²) in [6.45, 7) is 0.520. The molecule has 0 spiro atoms. The molecule has 148 valence electrons. The number of carbonyl (C=O) groups excluding carboxylic acids is 1. The maximum atomic E-state index is 14.4. The number of hydrogen-bond acceptors (Lipinski definition) is 4. The molecule has 0 radical (unpaired) electrons. The molecule has 1 aromatic rings. The molecule has 0 aliphatic heterocycles. The van der Waals surface area contributed by atoms with E-state index in [-0.39, 0.29) is 21.8 Å². The molecule has 4 aliphatic carbocycles. The average molecular weight is 415 g/mol. The maximum absolute atomic E-state index is 14.4. The lowest BCUT2D eigenvalue weighted by Gasteiger charge is -2.56. The van der Waals surface area contributed by atoms with Crippen LogP contribution in [-0.2, 0) is 9.84 Å². The van der Waals surface area contributed by atoms with Gasteiger partial charge in [-0.1, -0.05) is 11.6 Å². The number of rotatable bonds is 6. The Balaban J connectivity index is 1.49. The van der Waals surface area contributed by atoms with Gasteiger partial charge in [-0.25, -0.2) is 12.8 Å². The predicted octanol–water partition coefficient (Wildman–Crippen LogP) is 4.30. The summed E-state index contributed by atoms with van der Waals surface area (Å²) in [7, 11) is -3.54. The number of Topliss-reactive ketones (excluding diaryl/α,β-unsaturated/α-hetero) is 1. The lowest BCUT2D eigenvalue weighted by Crippen LogP contribution is -2.48. The Kier molecular flexibility index (Phi) is 4.78. The quantitative estimate of drug-likeness (QED) is 0.651. The molecule has 1 aromatic carbocycles. The second-order valence-corrected chi connectivity index (χ2v) is 11.5. The summed E-state index contributed by atoms with van der Waals surface area (Å²) in [6, 6.07) is 2.29. The Hall–Kier alpha value is -1.14. The van der Waals surface area contributed by atoms with E-state index < -0.39 is 27.2 Å². The van der Waals surface area contributed by atoms with Gasteiger partial charge in [0.15, 0.2) is 15.6 Å². The minimum atomic E-state index is -3.54. The second-order valence-electron chi connectivity index (χ2n) is 8.96. The molecule has 4 saturated carbocycles. The van der Waals surface area contributed by atoms with Gasteiger partial charge < -0.3 is 4.74 Å². The van der Waals surface area contributed by atoms with Crippen molar-refractivity contribution in [3.8, 4) is 5.75 Å². The molecule has 4 fully saturated rings. The molecule has 4 nitrogen and oxygen atoms in total. The van der Waals surface area contributed by atoms with Crippen molar-refractivity contribution in [2.24, 2.45) is 23.2 Å². The summed E-state index contributed by atoms with van der Waals surface area (Å²) in [5.41, 5.74) is -0.146. The van der Waals surface area contributed by atoms with Crippen molar-refractivity contribution in [1.82, 2.24) is 0 Å². The Bertz CT molecular complexity index is 845. The van der Waals surface area contributed by atoms with E-state index in [0.29, 0.717) is 6.61 Å². The molecule has 4 bridgehead atoms. The van der Waals surface area contributed by atoms with E-state index in [1.807, 2.05) is 0 Å². The van der Waals surface area contributed by atoms with Crippen LogP contribution in [0.1, 0.15) is 48.9 Å². The summed E-state index contributed by atoms with van der Waals surface area (Å²) in [6.07, 6.45) is 8.47. The molecule has 0 N–H and O–H groups in total. The maximum Gasteiger partial charge on any atom is 0.180 e. The van der Waals surface area contributed by atoms with Gasteiger partial charge in [-0.15, -0.1) is 0 Å². The summed E-state index contributed by atoms with van der Waals surface area (Å²) in [5.74, 6) is 0.265. The number of hydrogen-bond donors (Lipinski definition) is 0. The van der Waals surface area contributed by atoms with Crippen molar-refractivity contribution in [2.45, 2.75) is 38.5 Å². The Morgan fingerprint density at radius 3 is 2.26 bits per heavy atom. The van der Waals surface area contributed by atoms with Gasteiger partial charge in [-0.05, 0) is 62.3 Å². The van der Waals surface area contributed by atoms with E-state index >= 15 is 0 Å². The van der Waals surface area contributed by atoms with Gasteiger partial charge in [0.2, 0.25) is 0 Å². The van der Waals surface area contributed by atoms with Crippen LogP contribution < -0.4 is 4.74 Å². The standard InChI is InChI=1S/C20H24ClFO4S/c1-27(24,25)10-18(23)15-5-16(21)19(6-17(15)22)26-11-20-7-12-2-13(8-20)4-14(3-12)9-20/h5-6,12-14H,2-4,7-11H2,1H3. The van der Waals surface area contributed by atoms with Gasteiger partial charge in [0.05, 0.1) is 17.2 Å². The zero-order valence-electron chi connectivity index (χ0n) is 15.3. The van der Waals surface area contributed by atoms with E-state index in [4.69, 9.17) is 16.3 Å². The van der Waals surface area contributed by atoms with Crippen molar-refractivity contribution in [2.75, 3.05) is 18.6 Å². The van der Waals surface area contributed by atoms with Gasteiger partial charge in [0.25, 0.3) is 0 Å². The third-order valence-electron chi connectivity index (χ3n) is 6.41. The third kappa shape index (κ3) is 4.02. The van der Waals surface area contributed by atoms with Crippen molar-refractivity contribution in [3.05, 3.63) is 28.5 Å². The topological polar surface area (TPSA) is 60.4 Å². The van der Waals surface area contributed by atoms with Crippen LogP contribution in [0, 0.1) is 29.0 Å². The number of benzene rings is 1. The summed E-state index contributed by atoms with van der Waals surface area (Å²) < 4.78 is 42.9. The van der Waals surface area contributed by atoms with E-state index in [2.05, 4.69) is 0 Å². The first-order chi connectivity index (χ1) is 12.6. The van der Waals surface area contributed by atoms with Crippen LogP contribution in [0.15, 0.2) is 12.1 Å². The molecule has 0 heterocycles. The fraction of sp³-hybridized carbons (Fsp3) is 0.650. The number of ether oxygens (including phenoxy) is 1. The smallest absolute Gasteiger partial charge is 0.180 e. The lowest BCUT2D eigenvalue weighted by atomic mass is 9.50. The monoisotopic (exact) mass is 414 g/mol. The van der Waals surface area contributed by atoms with Crippen LogP contribution in [0.25, 0.3) is 0 Å². The first-order valence-electron chi connectivity index (χ1n) is 9.45. The number of ketones is 1. The molecule has 0 amide bonds. The molecule has 27 heavy (non-hydrogen) atoms. The molecule has 0 atom stereocenters. The zero-order chi connectivity index (χ0) is 19.4. The minimum Gasteiger partial charge on any atom is -0.491 e. The number of sulfone groups is 1. The molecule has 5 rings (SSSR count). The van der Waals surface area contributed by atoms with Gasteiger partial charge in [0.1, 0.15) is 17.3 Å². The molecule has 7 heteroatoms. The Morgan fingerprint density at radius 1 is 1.19 bits per heavy atom. The van der Waals surface area contributed by atoms with Gasteiger partial charge in [-0.2, -0.15) is 0 Å². The Morgan fingerprint density at radius 2 is 1.74 bits per heavy atom. The van der Waals surface area contributed by atoms with E-state index in [1.165, 1.54) is 44.6 Å². The van der Waals surface area contributed by atoms with Crippen LogP contribution in [-0.4, -0.2) is 32.8 Å². The molecule has 4 aliphatic rings. The second kappa shape index (κ2) is 6.73. The summed E-state index contributed by atoms with van der Waals surface area (Å²) in [5, 5.41) is 0.137. The fourth-order valence-electron chi connectivity index (χ4n) is 5.87. The predicted molar refractivity (Wildman–Crippen MR) is 102 cm³/mol. The van der Waals surface area contributed by atoms with Crippen LogP contribution in [0.3, 0.4) is 0 Å². The van der Waals surface area contributed by atoms with Crippen molar-refractivity contribution in [1.29, 1.82) is 0 Å². The van der Waals surface area contributed by atoms with Gasteiger partial charge >= 0.3 is 0 Å². The Labute approximate surface area is 164 Å². The molecule has 0 aromatic heterocycles. The largest absolute Gasteiger partial charge is 0.491 e. The molecule has 0 unspecified atom stereocenters. The van der Waals surface area contributed by atoms with Crippen molar-refractivity contribution in [3.63, 3.8) is 0 Å². The normalized spacial score (nSPS) is 31.9. The highest BCUT2D eigenvalue weighted by molar-refractivity contribution is 7.91. The van der Waals surface area contributed by atoms with E-state index in [1.54, 1.807) is 0 Å². The SMILES string of the molecule is CS(=O)(=O)CC(=O)c1cc(Cl)c(OCC23CC4CC(CC(C4)C2)C3)cc1F. The fourth-order valence-corrected chi connectivity index (χ4v) is 6.72. The lowest BCUT2D eigenvalue weighted by molar-refractivity contribution is -0.0745. The first kappa shape index (κ1) is 19.2. The van der Waals surface area contributed by atoms with Crippen LogP contribution in [0.2, 0.25) is 5.02 Å². The van der Waals surface area contributed by atoms with Crippen LogP contribution in [0.5, 0.6) is 5.75 Å². The van der Waals surface area contributed by atoms with Crippen molar-refractivity contribution < 1.29 is 22.3 Å². The highest BCUT2D eigenvalue weighted by Gasteiger charge is 2.51. The molecular formula is C20H24ClFO4S. The number of carbonyl (C=O) groups is 1. The summed E-state index contributed by atoms with van der Waals surface area (Å²) >= 11 is 6.21. The van der Waals surface area contributed by atoms with Crippen LogP contribution in [0.4, 0.5) is 4.39 Å². The number of halogens is 2. The highest BCUT2D eigenvalue weighted by Crippen LogP contribution is 2.60. The third-order valence-corrected chi connectivity index (χ3v) is 7.50. The van der Waals surface area contributed by atoms with E-state index in [0.717, 1.165) is 30.1 Å². The highest BCUT2D eigenvalue weighted by atomic mass is 35.5. The zero-order valence-corrected chi connectivity index (χ0v) is 16.9. The first-order valence-corrected chi connectivity index (χ1v) is 11.9. The van der Waals surface area contributed by atoms with Crippen molar-refractivity contribution >= 4 is 27.2 Å². The average Bonchev–Trinajstić information content (AvgIpc) is 2.52. The van der Waals surface area contributed by atoms with Crippen LogP contribution >= 0.6 is 11.6 Å². The van der Waals surface area contributed by atoms with E-state index in [9.17, 15) is 17.6 Å². The summed E-state index contributed by atoms with van der Waals surface area (Å²) in [4.78, 5) is 12.0. The van der Waals surface area contributed by atoms with Gasteiger partial charge in [0, 0.05) is 17.7 Å².